The smallest absolute Gasteiger partial charge is 0.194 e. The number of hydrogen-bond donors (Lipinski definition) is 1. The van der Waals surface area contributed by atoms with Crippen LogP contribution in [0.5, 0.6) is 0 Å². The molecule has 0 fully saturated rings. The van der Waals surface area contributed by atoms with Crippen molar-refractivity contribution in [1.82, 2.24) is 15.0 Å². The van der Waals surface area contributed by atoms with Gasteiger partial charge in [-0.1, -0.05) is 60.7 Å². The van der Waals surface area contributed by atoms with Crippen molar-refractivity contribution in [1.29, 1.82) is 0 Å². The van der Waals surface area contributed by atoms with E-state index in [9.17, 15) is 0 Å². The molecule has 0 amide bonds. The number of anilines is 1. The van der Waals surface area contributed by atoms with Crippen molar-refractivity contribution in [3.8, 4) is 0 Å². The molecule has 0 saturated carbocycles. The zero-order valence-electron chi connectivity index (χ0n) is 16.1. The number of rotatable bonds is 3. The Bertz CT molecular complexity index is 1220. The van der Waals surface area contributed by atoms with Gasteiger partial charge in [0, 0.05) is 12.1 Å². The third kappa shape index (κ3) is 3.65. The first-order valence-electron chi connectivity index (χ1n) is 9.78. The molecule has 5 rings (SSSR count). The molecule has 0 unspecified atom stereocenters. The van der Waals surface area contributed by atoms with Crippen molar-refractivity contribution in [2.75, 3.05) is 5.32 Å². The van der Waals surface area contributed by atoms with E-state index in [4.69, 9.17) is 22.3 Å². The fraction of sp³-hybridized carbons (Fsp3) is 0.0833. The Labute approximate surface area is 180 Å². The summed E-state index contributed by atoms with van der Waals surface area (Å²) >= 11 is 5.73. The van der Waals surface area contributed by atoms with Gasteiger partial charge in [-0.25, -0.2) is 9.99 Å². The minimum absolute atomic E-state index is 0.124. The highest BCUT2D eigenvalue weighted by Gasteiger charge is 2.32. The molecule has 0 aliphatic carbocycles. The second-order valence-electron chi connectivity index (χ2n) is 7.06. The maximum Gasteiger partial charge on any atom is 0.194 e. The van der Waals surface area contributed by atoms with Crippen molar-refractivity contribution in [2.24, 2.45) is 5.10 Å². The third-order valence-corrected chi connectivity index (χ3v) is 5.35. The van der Waals surface area contributed by atoms with E-state index >= 15 is 0 Å². The highest BCUT2D eigenvalue weighted by atomic mass is 32.1. The molecule has 1 N–H and O–H groups in total. The Morgan fingerprint density at radius 3 is 2.30 bits per heavy atom. The lowest BCUT2D eigenvalue weighted by Crippen LogP contribution is -2.31. The lowest BCUT2D eigenvalue weighted by Gasteiger charge is -2.24. The van der Waals surface area contributed by atoms with Crippen LogP contribution < -0.4 is 5.32 Å². The second-order valence-corrected chi connectivity index (χ2v) is 7.44. The quantitative estimate of drug-likeness (QED) is 0.473. The lowest BCUT2D eigenvalue weighted by atomic mass is 10.0. The topological polar surface area (TPSA) is 53.4 Å². The van der Waals surface area contributed by atoms with Crippen LogP contribution in [0.4, 0.5) is 5.69 Å². The Balaban J connectivity index is 1.51. The first-order valence-corrected chi connectivity index (χ1v) is 10.2. The average molecular weight is 410 g/mol. The van der Waals surface area contributed by atoms with Crippen molar-refractivity contribution < 1.29 is 0 Å². The molecule has 1 aliphatic heterocycles. The summed E-state index contributed by atoms with van der Waals surface area (Å²) in [5.41, 5.74) is 5.58. The van der Waals surface area contributed by atoms with Gasteiger partial charge in [0.15, 0.2) is 5.11 Å². The predicted octanol–water partition coefficient (Wildman–Crippen LogP) is 5.18. The average Bonchev–Trinajstić information content (AvgIpc) is 3.26. The summed E-state index contributed by atoms with van der Waals surface area (Å²) in [7, 11) is 0. The summed E-state index contributed by atoms with van der Waals surface area (Å²) in [5.74, 6) is 0. The summed E-state index contributed by atoms with van der Waals surface area (Å²) in [4.78, 5) is 9.46. The fourth-order valence-electron chi connectivity index (χ4n) is 3.57. The number of thiocarbonyl (C=S) groups is 1. The van der Waals surface area contributed by atoms with Crippen LogP contribution in [0, 0.1) is 0 Å². The fourth-order valence-corrected chi connectivity index (χ4v) is 3.85. The summed E-state index contributed by atoms with van der Waals surface area (Å²) in [6.07, 6.45) is 2.53. The Hall–Kier alpha value is -3.64. The molecule has 146 valence electrons. The Morgan fingerprint density at radius 1 is 0.867 bits per heavy atom. The number of aromatic nitrogens is 2. The van der Waals surface area contributed by atoms with Crippen LogP contribution in [0.2, 0.25) is 0 Å². The molecule has 1 aromatic heterocycles. The molecule has 1 aliphatic rings. The number of nitrogens with zero attached hydrogens (tertiary/aromatic N) is 4. The molecule has 5 nitrogen and oxygen atoms in total. The summed E-state index contributed by atoms with van der Waals surface area (Å²) in [6.45, 7) is 0. The van der Waals surface area contributed by atoms with Crippen molar-refractivity contribution in [3.63, 3.8) is 0 Å². The summed E-state index contributed by atoms with van der Waals surface area (Å²) < 4.78 is 0. The largest absolute Gasteiger partial charge is 0.331 e. The zero-order valence-corrected chi connectivity index (χ0v) is 17.0. The molecule has 0 radical (unpaired) electrons. The van der Waals surface area contributed by atoms with Crippen LogP contribution in [0.1, 0.15) is 23.7 Å². The highest BCUT2D eigenvalue weighted by molar-refractivity contribution is 7.80. The molecule has 0 saturated heterocycles. The van der Waals surface area contributed by atoms with Crippen LogP contribution >= 0.6 is 12.2 Å². The number of benzene rings is 3. The number of nitrogens with one attached hydrogen (secondary N) is 1. The summed E-state index contributed by atoms with van der Waals surface area (Å²) in [5, 5.41) is 10.6. The molecule has 0 spiro atoms. The number of para-hydroxylation sites is 3. The van der Waals surface area contributed by atoms with Gasteiger partial charge in [-0.2, -0.15) is 5.10 Å². The van der Waals surface area contributed by atoms with Crippen LogP contribution in [0.3, 0.4) is 0 Å². The van der Waals surface area contributed by atoms with E-state index in [1.54, 1.807) is 0 Å². The van der Waals surface area contributed by atoms with Crippen molar-refractivity contribution in [3.05, 3.63) is 102 Å². The van der Waals surface area contributed by atoms with E-state index in [2.05, 4.69) is 22.4 Å². The first kappa shape index (κ1) is 18.4. The standard InChI is InChI=1S/C24H19N5S/c30-24(26-18-11-5-2-6-12-18)29-23(15-21(28-29)17-9-3-1-4-10-17)22-16-25-19-13-7-8-14-20(19)27-22/h1-14,16,23H,15H2,(H,26,30)/t23-/m0/s1. The van der Waals surface area contributed by atoms with Gasteiger partial charge in [0.05, 0.1) is 28.6 Å². The molecule has 4 aromatic rings. The molecule has 30 heavy (non-hydrogen) atoms. The summed E-state index contributed by atoms with van der Waals surface area (Å²) in [6, 6.07) is 27.8. The molecule has 0 bridgehead atoms. The SMILES string of the molecule is S=C(Nc1ccccc1)N1N=C(c2ccccc2)C[C@H]1c1cnc2ccccc2n1. The van der Waals surface area contributed by atoms with Gasteiger partial charge in [-0.05, 0) is 42.0 Å². The minimum Gasteiger partial charge on any atom is -0.331 e. The van der Waals surface area contributed by atoms with Gasteiger partial charge in [0.2, 0.25) is 0 Å². The lowest BCUT2D eigenvalue weighted by molar-refractivity contribution is 0.368. The minimum atomic E-state index is -0.124. The van der Waals surface area contributed by atoms with Crippen molar-refractivity contribution in [2.45, 2.75) is 12.5 Å². The Kier molecular flexibility index (Phi) is 4.91. The third-order valence-electron chi connectivity index (χ3n) is 5.06. The van der Waals surface area contributed by atoms with Crippen LogP contribution in [-0.2, 0) is 0 Å². The van der Waals surface area contributed by atoms with E-state index in [-0.39, 0.29) is 6.04 Å². The van der Waals surface area contributed by atoms with Gasteiger partial charge >= 0.3 is 0 Å². The normalized spacial score (nSPS) is 15.8. The Morgan fingerprint density at radius 2 is 1.53 bits per heavy atom. The van der Waals surface area contributed by atoms with Gasteiger partial charge in [0.1, 0.15) is 6.04 Å². The van der Waals surface area contributed by atoms with Gasteiger partial charge in [-0.3, -0.25) is 4.98 Å². The second kappa shape index (κ2) is 8.00. The maximum absolute atomic E-state index is 5.73. The predicted molar refractivity (Wildman–Crippen MR) is 124 cm³/mol. The first-order chi connectivity index (χ1) is 14.8. The highest BCUT2D eigenvalue weighted by Crippen LogP contribution is 2.32. The van der Waals surface area contributed by atoms with E-state index in [0.717, 1.165) is 33.7 Å². The van der Waals surface area contributed by atoms with Gasteiger partial charge in [0.25, 0.3) is 0 Å². The van der Waals surface area contributed by atoms with Gasteiger partial charge < -0.3 is 5.32 Å². The molecule has 2 heterocycles. The van der Waals surface area contributed by atoms with Crippen LogP contribution in [0.25, 0.3) is 11.0 Å². The zero-order chi connectivity index (χ0) is 20.3. The van der Waals surface area contributed by atoms with Crippen LogP contribution in [-0.4, -0.2) is 25.8 Å². The maximum atomic E-state index is 5.73. The van der Waals surface area contributed by atoms with E-state index < -0.39 is 0 Å². The number of hydrazone groups is 1. The number of fused-ring (bicyclic) bond motifs is 1. The van der Waals surface area contributed by atoms with E-state index in [1.165, 1.54) is 0 Å². The molecule has 6 heteroatoms. The van der Waals surface area contributed by atoms with Crippen molar-refractivity contribution >= 4 is 39.8 Å². The number of hydrogen-bond acceptors (Lipinski definition) is 4. The van der Waals surface area contributed by atoms with Crippen LogP contribution in [0.15, 0.2) is 96.2 Å². The van der Waals surface area contributed by atoms with E-state index in [1.807, 2.05) is 84.0 Å². The molecule has 1 atom stereocenters. The van der Waals surface area contributed by atoms with Gasteiger partial charge in [-0.15, -0.1) is 0 Å². The van der Waals surface area contributed by atoms with E-state index in [0.29, 0.717) is 11.5 Å². The molecular formula is C24H19N5S. The monoisotopic (exact) mass is 409 g/mol. The molecular weight excluding hydrogens is 390 g/mol. The molecule has 3 aromatic carbocycles.